The van der Waals surface area contributed by atoms with Gasteiger partial charge in [0.25, 0.3) is 5.91 Å². The van der Waals surface area contributed by atoms with Gasteiger partial charge in [-0.2, -0.15) is 0 Å². The van der Waals surface area contributed by atoms with Crippen LogP contribution in [0.2, 0.25) is 10.0 Å². The first-order chi connectivity index (χ1) is 14.3. The number of amides is 1. The molecule has 3 rings (SSSR count). The number of ether oxygens (including phenoxy) is 2. The minimum atomic E-state index is -0.230. The van der Waals surface area contributed by atoms with Crippen molar-refractivity contribution in [3.8, 4) is 11.5 Å². The Kier molecular flexibility index (Phi) is 7.69. The van der Waals surface area contributed by atoms with E-state index in [1.54, 1.807) is 24.3 Å². The first kappa shape index (κ1) is 22.9. The molecule has 0 N–H and O–H groups in total. The van der Waals surface area contributed by atoms with Crippen molar-refractivity contribution in [3.63, 3.8) is 0 Å². The number of carbonyl (C=O) groups is 1. The number of carbonyl (C=O) groups excluding carboxylic acids is 1. The number of hydrogen-bond donors (Lipinski definition) is 0. The van der Waals surface area contributed by atoms with Crippen LogP contribution >= 0.6 is 47.2 Å². The van der Waals surface area contributed by atoms with E-state index in [2.05, 4.69) is 6.92 Å². The number of thiocarbonyl (C=S) groups is 1. The van der Waals surface area contributed by atoms with Crippen LogP contribution in [0.25, 0.3) is 6.08 Å². The largest absolute Gasteiger partial charge is 0.490 e. The Labute approximate surface area is 196 Å². The summed E-state index contributed by atoms with van der Waals surface area (Å²) in [6, 6.07) is 10.6. The lowest BCUT2D eigenvalue weighted by Crippen LogP contribution is -2.27. The lowest BCUT2D eigenvalue weighted by Gasteiger charge is -2.17. The topological polar surface area (TPSA) is 38.8 Å². The molecule has 30 heavy (non-hydrogen) atoms. The summed E-state index contributed by atoms with van der Waals surface area (Å²) in [5.74, 6) is 1.10. The van der Waals surface area contributed by atoms with Gasteiger partial charge in [0.2, 0.25) is 0 Å². The van der Waals surface area contributed by atoms with Gasteiger partial charge in [0.1, 0.15) is 0 Å². The predicted molar refractivity (Wildman–Crippen MR) is 130 cm³/mol. The summed E-state index contributed by atoms with van der Waals surface area (Å²) in [4.78, 5) is 15.0. The first-order valence-corrected chi connectivity index (χ1v) is 11.5. The summed E-state index contributed by atoms with van der Waals surface area (Å²) >= 11 is 18.9. The summed E-state index contributed by atoms with van der Waals surface area (Å²) in [5.41, 5.74) is 1.33. The fraction of sp³-hybridized carbons (Fsp3) is 0.273. The highest BCUT2D eigenvalue weighted by molar-refractivity contribution is 8.27. The molecule has 1 amide bonds. The Morgan fingerprint density at radius 2 is 1.93 bits per heavy atom. The van der Waals surface area contributed by atoms with Crippen LogP contribution < -0.4 is 14.4 Å². The Bertz CT molecular complexity index is 1010. The highest BCUT2D eigenvalue weighted by atomic mass is 35.5. The molecule has 0 saturated carbocycles. The van der Waals surface area contributed by atoms with Crippen molar-refractivity contribution in [1.82, 2.24) is 0 Å². The van der Waals surface area contributed by atoms with Crippen LogP contribution in [-0.2, 0) is 4.79 Å². The van der Waals surface area contributed by atoms with E-state index in [9.17, 15) is 4.79 Å². The third kappa shape index (κ3) is 5.11. The van der Waals surface area contributed by atoms with Gasteiger partial charge in [0.05, 0.1) is 28.3 Å². The highest BCUT2D eigenvalue weighted by Crippen LogP contribution is 2.40. The van der Waals surface area contributed by atoms with Crippen molar-refractivity contribution in [1.29, 1.82) is 0 Å². The molecule has 2 aromatic rings. The van der Waals surface area contributed by atoms with Gasteiger partial charge in [-0.3, -0.25) is 9.69 Å². The lowest BCUT2D eigenvalue weighted by molar-refractivity contribution is -0.113. The van der Waals surface area contributed by atoms with E-state index < -0.39 is 0 Å². The van der Waals surface area contributed by atoms with Gasteiger partial charge < -0.3 is 9.47 Å². The maximum absolute atomic E-state index is 13.0. The molecule has 0 spiro atoms. The van der Waals surface area contributed by atoms with Crippen molar-refractivity contribution in [2.24, 2.45) is 0 Å². The zero-order chi connectivity index (χ0) is 21.8. The highest BCUT2D eigenvalue weighted by Gasteiger charge is 2.34. The number of benzene rings is 2. The Hall–Kier alpha value is -1.73. The molecule has 0 unspecified atom stereocenters. The molecular formula is C22H21Cl2NO3S2. The van der Waals surface area contributed by atoms with Gasteiger partial charge in [-0.15, -0.1) is 0 Å². The molecule has 1 aliphatic heterocycles. The Balaban J connectivity index is 1.90. The molecule has 8 heteroatoms. The van der Waals surface area contributed by atoms with Crippen LogP contribution in [0.15, 0.2) is 41.3 Å². The van der Waals surface area contributed by atoms with Crippen molar-refractivity contribution in [3.05, 3.63) is 56.9 Å². The molecule has 1 aliphatic rings. The second-order valence-electron chi connectivity index (χ2n) is 6.59. The maximum Gasteiger partial charge on any atom is 0.270 e. The predicted octanol–water partition coefficient (Wildman–Crippen LogP) is 6.98. The van der Waals surface area contributed by atoms with Gasteiger partial charge in [0, 0.05) is 5.02 Å². The van der Waals surface area contributed by atoms with E-state index in [0.29, 0.717) is 43.1 Å². The van der Waals surface area contributed by atoms with Crippen LogP contribution in [0.3, 0.4) is 0 Å². The zero-order valence-corrected chi connectivity index (χ0v) is 19.9. The molecule has 0 aromatic heterocycles. The fourth-order valence-electron chi connectivity index (χ4n) is 2.77. The Morgan fingerprint density at radius 1 is 1.17 bits per heavy atom. The number of halogens is 2. The van der Waals surface area contributed by atoms with Crippen LogP contribution in [0.5, 0.6) is 11.5 Å². The van der Waals surface area contributed by atoms with E-state index in [1.807, 2.05) is 32.0 Å². The molecule has 0 aliphatic carbocycles. The average Bonchev–Trinajstić information content (AvgIpc) is 2.97. The van der Waals surface area contributed by atoms with Crippen LogP contribution in [0.4, 0.5) is 5.69 Å². The molecule has 1 saturated heterocycles. The third-order valence-corrected chi connectivity index (χ3v) is 6.25. The fourth-order valence-corrected chi connectivity index (χ4v) is 4.55. The average molecular weight is 482 g/mol. The minimum absolute atomic E-state index is 0.0791. The quantitative estimate of drug-likeness (QED) is 0.315. The summed E-state index contributed by atoms with van der Waals surface area (Å²) in [6.45, 7) is 6.50. The van der Waals surface area contributed by atoms with E-state index in [-0.39, 0.29) is 12.0 Å². The zero-order valence-electron chi connectivity index (χ0n) is 16.8. The number of nitrogens with zero attached hydrogens (tertiary/aromatic N) is 1. The summed E-state index contributed by atoms with van der Waals surface area (Å²) in [7, 11) is 0. The van der Waals surface area contributed by atoms with Gasteiger partial charge in [-0.25, -0.2) is 0 Å². The molecule has 2 aromatic carbocycles. The van der Waals surface area contributed by atoms with Crippen molar-refractivity contribution in [2.75, 3.05) is 11.5 Å². The molecule has 1 atom stereocenters. The smallest absolute Gasteiger partial charge is 0.270 e. The molecule has 1 fully saturated rings. The number of anilines is 1. The van der Waals surface area contributed by atoms with E-state index >= 15 is 0 Å². The number of thioether (sulfide) groups is 1. The minimum Gasteiger partial charge on any atom is -0.490 e. The molecule has 158 valence electrons. The van der Waals surface area contributed by atoms with E-state index in [4.69, 9.17) is 44.9 Å². The Morgan fingerprint density at radius 3 is 2.60 bits per heavy atom. The molecule has 4 nitrogen and oxygen atoms in total. The normalized spacial score (nSPS) is 16.3. The second kappa shape index (κ2) is 10.1. The molecule has 1 heterocycles. The molecule has 0 bridgehead atoms. The van der Waals surface area contributed by atoms with Crippen LogP contribution in [0.1, 0.15) is 32.8 Å². The SMILES string of the molecule is CCOc1cc(/C=C2\SC(=S)N(c3ccc(Cl)cc3Cl)C2=O)ccc1O[C@H](C)CC. The van der Waals surface area contributed by atoms with Crippen LogP contribution in [0, 0.1) is 0 Å². The van der Waals surface area contributed by atoms with Gasteiger partial charge in [-0.05, 0) is 62.2 Å². The molecular weight excluding hydrogens is 461 g/mol. The van der Waals surface area contributed by atoms with Gasteiger partial charge in [-0.1, -0.05) is 60.2 Å². The van der Waals surface area contributed by atoms with Crippen LogP contribution in [-0.4, -0.2) is 22.9 Å². The standard InChI is InChI=1S/C22H21Cl2NO3S2/c1-4-13(3)28-18-9-6-14(10-19(18)27-5-2)11-20-21(26)25(22(29)30-20)17-8-7-15(23)12-16(17)24/h6-13H,4-5H2,1-3H3/b20-11-/t13-/m1/s1. The maximum atomic E-state index is 13.0. The summed E-state index contributed by atoms with van der Waals surface area (Å²) in [5, 5.41) is 0.859. The first-order valence-electron chi connectivity index (χ1n) is 9.50. The number of hydrogen-bond acceptors (Lipinski definition) is 5. The summed E-state index contributed by atoms with van der Waals surface area (Å²) < 4.78 is 12.1. The third-order valence-electron chi connectivity index (χ3n) is 4.41. The lowest BCUT2D eigenvalue weighted by atomic mass is 10.1. The monoisotopic (exact) mass is 481 g/mol. The van der Waals surface area contributed by atoms with Crippen molar-refractivity contribution < 1.29 is 14.3 Å². The van der Waals surface area contributed by atoms with Gasteiger partial charge in [0.15, 0.2) is 15.8 Å². The van der Waals surface area contributed by atoms with Gasteiger partial charge >= 0.3 is 0 Å². The summed E-state index contributed by atoms with van der Waals surface area (Å²) in [6.07, 6.45) is 2.76. The second-order valence-corrected chi connectivity index (χ2v) is 9.11. The van der Waals surface area contributed by atoms with Crippen molar-refractivity contribution >= 4 is 69.2 Å². The molecule has 0 radical (unpaired) electrons. The number of rotatable bonds is 7. The van der Waals surface area contributed by atoms with E-state index in [1.165, 1.54) is 16.7 Å². The van der Waals surface area contributed by atoms with Crippen molar-refractivity contribution in [2.45, 2.75) is 33.3 Å². The van der Waals surface area contributed by atoms with E-state index in [0.717, 1.165) is 12.0 Å².